The number of nitrogens with two attached hydrogens (primary N) is 2. The lowest BCUT2D eigenvalue weighted by Crippen LogP contribution is -2.62. The second-order valence-electron chi connectivity index (χ2n) is 29.1. The highest BCUT2D eigenvalue weighted by molar-refractivity contribution is 6.00. The molecule has 2 aromatic carbocycles. The lowest BCUT2D eigenvalue weighted by Gasteiger charge is -2.32. The van der Waals surface area contributed by atoms with Gasteiger partial charge < -0.3 is 74.4 Å². The van der Waals surface area contributed by atoms with E-state index in [4.69, 9.17) is 11.5 Å². The third-order valence-corrected chi connectivity index (χ3v) is 18.0. The Hall–Kier alpha value is -8.00. The predicted octanol–water partition coefficient (Wildman–Crippen LogP) is 2.29. The first kappa shape index (κ1) is 80.7. The van der Waals surface area contributed by atoms with E-state index in [0.29, 0.717) is 24.0 Å². The number of hydrogen-bond acceptors (Lipinski definition) is 14. The Morgan fingerprint density at radius 2 is 0.612 bits per heavy atom. The van der Waals surface area contributed by atoms with Gasteiger partial charge in [0.1, 0.15) is 72.5 Å². The summed E-state index contributed by atoms with van der Waals surface area (Å²) >= 11 is 0. The van der Waals surface area contributed by atoms with Crippen molar-refractivity contribution in [1.82, 2.24) is 63.0 Å². The van der Waals surface area contributed by atoms with Gasteiger partial charge in [-0.3, -0.25) is 57.5 Å². The van der Waals surface area contributed by atoms with Gasteiger partial charge in [0, 0.05) is 25.9 Å². The van der Waals surface area contributed by atoms with Crippen molar-refractivity contribution >= 4 is 70.9 Å². The normalized spacial score (nSPS) is 26.4. The van der Waals surface area contributed by atoms with Gasteiger partial charge >= 0.3 is 0 Å². The fourth-order valence-corrected chi connectivity index (χ4v) is 12.8. The van der Waals surface area contributed by atoms with Crippen LogP contribution >= 0.6 is 0 Å². The fraction of sp³-hybridized carbons (Fsp3) is 0.667. The van der Waals surface area contributed by atoms with E-state index in [1.54, 1.807) is 88.4 Å². The van der Waals surface area contributed by atoms with Gasteiger partial charge in [-0.1, -0.05) is 144 Å². The van der Waals surface area contributed by atoms with Gasteiger partial charge in [0.15, 0.2) is 0 Å². The third kappa shape index (κ3) is 24.8. The van der Waals surface area contributed by atoms with Crippen LogP contribution in [0.1, 0.15) is 171 Å². The van der Waals surface area contributed by atoms with Gasteiger partial charge in [-0.25, -0.2) is 0 Å². The van der Waals surface area contributed by atoms with Gasteiger partial charge in [0.25, 0.3) is 0 Å². The average Bonchev–Trinajstić information content (AvgIpc) is 1.57. The number of benzene rings is 2. The minimum absolute atomic E-state index is 0.00861. The molecule has 3 heterocycles. The molecule has 0 unspecified atom stereocenters. The van der Waals surface area contributed by atoms with Crippen LogP contribution in [0.25, 0.3) is 0 Å². The second-order valence-corrected chi connectivity index (χ2v) is 29.1. The van der Waals surface area contributed by atoms with E-state index in [2.05, 4.69) is 53.2 Å². The van der Waals surface area contributed by atoms with Crippen LogP contribution in [-0.2, 0) is 70.4 Å². The molecule has 26 nitrogen and oxygen atoms in total. The molecular formula is C72H114N14O12. The number of nitrogens with one attached hydrogen (secondary N) is 10. The lowest BCUT2D eigenvalue weighted by molar-refractivity contribution is -0.143. The molecule has 0 aromatic heterocycles. The van der Waals surface area contributed by atoms with Crippen LogP contribution in [0.15, 0.2) is 60.7 Å². The molecule has 0 aliphatic carbocycles. The highest BCUT2D eigenvalue weighted by Gasteiger charge is 2.44. The highest BCUT2D eigenvalue weighted by Crippen LogP contribution is 2.24. The van der Waals surface area contributed by atoms with E-state index in [1.165, 1.54) is 9.80 Å². The van der Waals surface area contributed by atoms with Crippen molar-refractivity contribution in [1.29, 1.82) is 0 Å². The van der Waals surface area contributed by atoms with Gasteiger partial charge in [0.05, 0.1) is 0 Å². The summed E-state index contributed by atoms with van der Waals surface area (Å²) in [5.41, 5.74) is 13.3. The first-order valence-corrected chi connectivity index (χ1v) is 35.6. The number of carbonyl (C=O) groups excluding carboxylic acids is 12. The van der Waals surface area contributed by atoms with Crippen LogP contribution in [-0.4, -0.2) is 179 Å². The lowest BCUT2D eigenvalue weighted by atomic mass is 9.98. The van der Waals surface area contributed by atoms with E-state index in [-0.39, 0.29) is 127 Å². The van der Waals surface area contributed by atoms with Crippen molar-refractivity contribution in [3.63, 3.8) is 0 Å². The Balaban J connectivity index is 1.61. The number of nitrogens with zero attached hydrogens (tertiary/aromatic N) is 2. The molecule has 14 N–H and O–H groups in total. The summed E-state index contributed by atoms with van der Waals surface area (Å²) < 4.78 is 0. The molecule has 98 heavy (non-hydrogen) atoms. The Labute approximate surface area is 579 Å². The fourth-order valence-electron chi connectivity index (χ4n) is 12.8. The molecule has 0 radical (unpaired) electrons. The van der Waals surface area contributed by atoms with E-state index in [0.717, 1.165) is 0 Å². The summed E-state index contributed by atoms with van der Waals surface area (Å²) in [5, 5.41) is 28.6. The quantitative estimate of drug-likeness (QED) is 0.0906. The SMILES string of the molecule is CC(C)C[C@@H]1NC(=O)[C@H](CCCN)NC(=O)[C@@H](CC(C)C)NC(=O)[C@H](C(C)C)NC(=O)[C@@H]2CCCN2C(=O)[C@@H](Cc2ccccc2)NC(=O)[C@H](CC(C)C)NC(=O)[C@H](CCCN)NC(=O)[C@@H](CC(C)C)NC(=O)[C@H](C(C)C)NC(=O)[C@@H]2CCCN2C(=O)[C@@H](Cc2ccccc2)NC1=O. The molecule has 12 atom stereocenters. The molecule has 26 heteroatoms. The maximum absolute atomic E-state index is 15.1. The number of rotatable bonds is 20. The monoisotopic (exact) mass is 1370 g/mol. The first-order chi connectivity index (χ1) is 46.4. The molecule has 3 saturated heterocycles. The Kier molecular flexibility index (Phi) is 32.6. The van der Waals surface area contributed by atoms with Crippen molar-refractivity contribution < 1.29 is 57.5 Å². The summed E-state index contributed by atoms with van der Waals surface area (Å²) in [4.78, 5) is 180. The predicted molar refractivity (Wildman–Crippen MR) is 373 cm³/mol. The van der Waals surface area contributed by atoms with Crippen LogP contribution in [0, 0.1) is 35.5 Å². The number of carbonyl (C=O) groups is 12. The molecule has 3 aliphatic heterocycles. The molecular weight excluding hydrogens is 1250 g/mol. The zero-order chi connectivity index (χ0) is 72.5. The summed E-state index contributed by atoms with van der Waals surface area (Å²) in [7, 11) is 0. The molecule has 0 saturated carbocycles. The van der Waals surface area contributed by atoms with E-state index in [1.807, 2.05) is 55.4 Å². The van der Waals surface area contributed by atoms with Gasteiger partial charge in [-0.2, -0.15) is 0 Å². The van der Waals surface area contributed by atoms with Gasteiger partial charge in [-0.05, 0) is 137 Å². The number of hydrogen-bond donors (Lipinski definition) is 12. The smallest absolute Gasteiger partial charge is 0.246 e. The minimum atomic E-state index is -1.27. The number of fused-ring (bicyclic) bond motifs is 2. The average molecular weight is 1370 g/mol. The molecule has 12 amide bonds. The topological polar surface area (TPSA) is 384 Å². The van der Waals surface area contributed by atoms with Crippen LogP contribution in [0.4, 0.5) is 0 Å². The molecule has 3 fully saturated rings. The van der Waals surface area contributed by atoms with Crippen molar-refractivity contribution in [3.8, 4) is 0 Å². The summed E-state index contributed by atoms with van der Waals surface area (Å²) in [6.45, 7) is 22.2. The zero-order valence-electron chi connectivity index (χ0n) is 59.8. The molecule has 0 bridgehead atoms. The Morgan fingerprint density at radius 1 is 0.347 bits per heavy atom. The number of amides is 12. The molecule has 5 rings (SSSR count). The molecule has 2 aromatic rings. The van der Waals surface area contributed by atoms with Crippen LogP contribution in [0.5, 0.6) is 0 Å². The van der Waals surface area contributed by atoms with E-state index >= 15 is 9.59 Å². The highest BCUT2D eigenvalue weighted by atomic mass is 16.2. The van der Waals surface area contributed by atoms with Crippen molar-refractivity contribution in [2.45, 2.75) is 245 Å². The van der Waals surface area contributed by atoms with Crippen molar-refractivity contribution in [2.75, 3.05) is 26.2 Å². The summed E-state index contributed by atoms with van der Waals surface area (Å²) in [5.74, 6) is -9.99. The Bertz CT molecular complexity index is 2810. The van der Waals surface area contributed by atoms with Crippen molar-refractivity contribution in [3.05, 3.63) is 71.8 Å². The van der Waals surface area contributed by atoms with Gasteiger partial charge in [0.2, 0.25) is 70.9 Å². The van der Waals surface area contributed by atoms with E-state index < -0.39 is 155 Å². The summed E-state index contributed by atoms with van der Waals surface area (Å²) in [6.07, 6.45) is 2.24. The van der Waals surface area contributed by atoms with Crippen molar-refractivity contribution in [2.24, 2.45) is 47.0 Å². The first-order valence-electron chi connectivity index (χ1n) is 35.6. The molecule has 3 aliphatic rings. The second kappa shape index (κ2) is 39.6. The van der Waals surface area contributed by atoms with Crippen LogP contribution in [0.2, 0.25) is 0 Å². The Morgan fingerprint density at radius 3 is 0.888 bits per heavy atom. The maximum Gasteiger partial charge on any atom is 0.246 e. The standard InChI is InChI=1S/C72H114N14O12/c1-41(2)35-51-65(91)81-55(39-47-23-15-13-16-24-47)71(97)85-33-21-29-57(85)67(93)83-60(46(11)12)70(96)80-54(38-44(7)8)64(90)76-50(28-20-32-74)62(88)78-52(36-42(3)4)66(92)82-56(40-48-25-17-14-18-26-48)72(98)86-34-22-30-58(86)68(94)84-59(45(9)10)69(95)79-53(37-43(5)6)63(89)75-49(27-19-31-73)61(87)77-51/h13-18,23-26,41-46,49-60H,19-22,27-40,73-74H2,1-12H3,(H,75,89)(H,76,90)(H,77,87)(H,78,88)(H,79,95)(H,80,96)(H,81,91)(H,82,92)(H,83,93)(H,84,94)/t49-,50-,51-,52-,53+,54+,55+,56+,57-,58-,59-,60-/m0/s1. The zero-order valence-corrected chi connectivity index (χ0v) is 59.8. The van der Waals surface area contributed by atoms with Crippen LogP contribution < -0.4 is 64.6 Å². The molecule has 544 valence electrons. The summed E-state index contributed by atoms with van der Waals surface area (Å²) in [6, 6.07) is 3.25. The minimum Gasteiger partial charge on any atom is -0.343 e. The van der Waals surface area contributed by atoms with E-state index in [9.17, 15) is 47.9 Å². The largest absolute Gasteiger partial charge is 0.343 e. The third-order valence-electron chi connectivity index (χ3n) is 18.0. The maximum atomic E-state index is 15.1. The van der Waals surface area contributed by atoms with Crippen LogP contribution in [0.3, 0.4) is 0 Å². The molecule has 0 spiro atoms. The van der Waals surface area contributed by atoms with Gasteiger partial charge in [-0.15, -0.1) is 0 Å².